The van der Waals surface area contributed by atoms with Gasteiger partial charge in [-0.3, -0.25) is 0 Å². The van der Waals surface area contributed by atoms with E-state index in [-0.39, 0.29) is 40.4 Å². The number of phenols is 1. The largest absolute Gasteiger partial charge is 0.503 e. The van der Waals surface area contributed by atoms with Crippen molar-refractivity contribution in [3.8, 4) is 17.0 Å². The fourth-order valence-corrected chi connectivity index (χ4v) is 3.85. The molecule has 0 aliphatic carbocycles. The molecule has 3 heterocycles. The number of nitrogens with one attached hydrogen (secondary N) is 1. The highest BCUT2D eigenvalue weighted by molar-refractivity contribution is 5.91. The number of anilines is 1. The number of benzene rings is 1. The third-order valence-electron chi connectivity index (χ3n) is 5.35. The van der Waals surface area contributed by atoms with E-state index in [1.807, 2.05) is 13.8 Å². The van der Waals surface area contributed by atoms with Crippen LogP contribution in [0.15, 0.2) is 12.3 Å². The van der Waals surface area contributed by atoms with E-state index in [1.165, 1.54) is 17.9 Å². The number of fused-ring (bicyclic) bond motifs is 1. The molecule has 172 valence electrons. The van der Waals surface area contributed by atoms with Gasteiger partial charge >= 0.3 is 6.18 Å². The minimum absolute atomic E-state index is 0.0460. The van der Waals surface area contributed by atoms with Crippen LogP contribution in [-0.2, 0) is 18.0 Å². The molecule has 1 atom stereocenters. The smallest absolute Gasteiger partial charge is 0.419 e. The molecule has 0 radical (unpaired) electrons. The van der Waals surface area contributed by atoms with Crippen molar-refractivity contribution >= 4 is 17.0 Å². The molecule has 2 N–H and O–H groups in total. The molecular weight excluding hydrogens is 437 g/mol. The molecule has 0 amide bonds. The summed E-state index contributed by atoms with van der Waals surface area (Å²) in [5, 5.41) is 17.0. The molecule has 32 heavy (non-hydrogen) atoms. The van der Waals surface area contributed by atoms with E-state index >= 15 is 0 Å². The number of nitrogens with zero attached hydrogens (tertiary/aromatic N) is 4. The van der Waals surface area contributed by atoms with Gasteiger partial charge in [0.1, 0.15) is 5.69 Å². The Hall–Kier alpha value is -3.02. The van der Waals surface area contributed by atoms with Gasteiger partial charge in [0.15, 0.2) is 23.0 Å². The Morgan fingerprint density at radius 1 is 1.25 bits per heavy atom. The molecular formula is C20H20F5N5O2. The second-order valence-electron chi connectivity index (χ2n) is 8.29. The number of rotatable bonds is 3. The molecule has 7 nitrogen and oxygen atoms in total. The zero-order valence-corrected chi connectivity index (χ0v) is 17.4. The zero-order chi connectivity index (χ0) is 23.4. The van der Waals surface area contributed by atoms with Crippen LogP contribution in [0.25, 0.3) is 22.3 Å². The van der Waals surface area contributed by atoms with Gasteiger partial charge in [-0.05, 0) is 32.8 Å². The van der Waals surface area contributed by atoms with E-state index in [9.17, 15) is 27.1 Å². The monoisotopic (exact) mass is 457 g/mol. The van der Waals surface area contributed by atoms with E-state index in [0.29, 0.717) is 13.0 Å². The summed E-state index contributed by atoms with van der Waals surface area (Å²) in [6.45, 7) is 4.51. The normalized spacial score (nSPS) is 18.8. The first kappa shape index (κ1) is 22.2. The second-order valence-corrected chi connectivity index (χ2v) is 8.29. The zero-order valence-electron chi connectivity index (χ0n) is 17.4. The summed E-state index contributed by atoms with van der Waals surface area (Å²) in [5.74, 6) is -5.09. The van der Waals surface area contributed by atoms with Crippen LogP contribution in [0, 0.1) is 11.6 Å². The number of aryl methyl sites for hydroxylation is 1. The van der Waals surface area contributed by atoms with Gasteiger partial charge < -0.3 is 15.2 Å². The molecule has 0 spiro atoms. The van der Waals surface area contributed by atoms with Gasteiger partial charge in [-0.25, -0.2) is 18.4 Å². The highest BCUT2D eigenvalue weighted by atomic mass is 19.4. The number of alkyl halides is 3. The van der Waals surface area contributed by atoms with Crippen molar-refractivity contribution in [1.82, 2.24) is 19.7 Å². The molecule has 1 fully saturated rings. The minimum Gasteiger partial charge on any atom is -0.503 e. The average Bonchev–Trinajstić information content (AvgIpc) is 3.00. The standard InChI is InChI=1S/C20H20F5N5O2/c1-19(2)7-9(4-5-32-19)27-18-26-8-11-15(29-30(3)17(11)28-18)10-6-12(20(23,24)25)14(22)16(31)13(10)21/h6,8-9,31H,4-5,7H2,1-3H3,(H,26,27,28). The van der Waals surface area contributed by atoms with Crippen molar-refractivity contribution in [2.24, 2.45) is 7.05 Å². The van der Waals surface area contributed by atoms with Crippen LogP contribution in [0.4, 0.5) is 27.9 Å². The summed E-state index contributed by atoms with van der Waals surface area (Å²) < 4.78 is 74.8. The predicted octanol–water partition coefficient (Wildman–Crippen LogP) is 4.40. The first-order chi connectivity index (χ1) is 14.9. The van der Waals surface area contributed by atoms with Crippen molar-refractivity contribution in [3.63, 3.8) is 0 Å². The fraction of sp³-hybridized carbons (Fsp3) is 0.450. The van der Waals surface area contributed by atoms with Gasteiger partial charge in [0.25, 0.3) is 0 Å². The number of ether oxygens (including phenoxy) is 1. The number of aromatic hydroxyl groups is 1. The van der Waals surface area contributed by atoms with Crippen molar-refractivity contribution in [2.45, 2.75) is 44.5 Å². The summed E-state index contributed by atoms with van der Waals surface area (Å²) >= 11 is 0. The SMILES string of the molecule is Cn1nc(-c2cc(C(F)(F)F)c(F)c(O)c2F)c2cnc(NC3CCOC(C)(C)C3)nc21. The van der Waals surface area contributed by atoms with Gasteiger partial charge in [-0.1, -0.05) is 0 Å². The average molecular weight is 457 g/mol. The van der Waals surface area contributed by atoms with Crippen LogP contribution in [0.3, 0.4) is 0 Å². The summed E-state index contributed by atoms with van der Waals surface area (Å²) in [6, 6.07) is 0.326. The number of aromatic nitrogens is 4. The van der Waals surface area contributed by atoms with E-state index < -0.39 is 34.7 Å². The van der Waals surface area contributed by atoms with Gasteiger partial charge in [0.2, 0.25) is 5.95 Å². The quantitative estimate of drug-likeness (QED) is 0.567. The lowest BCUT2D eigenvalue weighted by Crippen LogP contribution is -2.40. The lowest BCUT2D eigenvalue weighted by Gasteiger charge is -2.35. The highest BCUT2D eigenvalue weighted by Crippen LogP contribution is 2.41. The van der Waals surface area contributed by atoms with Crippen LogP contribution < -0.4 is 5.32 Å². The molecule has 12 heteroatoms. The summed E-state index contributed by atoms with van der Waals surface area (Å²) in [7, 11) is 1.48. The van der Waals surface area contributed by atoms with Crippen molar-refractivity contribution < 1.29 is 31.8 Å². The van der Waals surface area contributed by atoms with Crippen LogP contribution in [-0.4, -0.2) is 43.1 Å². The number of hydrogen-bond acceptors (Lipinski definition) is 6. The van der Waals surface area contributed by atoms with Crippen molar-refractivity contribution in [1.29, 1.82) is 0 Å². The summed E-state index contributed by atoms with van der Waals surface area (Å²) in [5.41, 5.74) is -2.85. The lowest BCUT2D eigenvalue weighted by molar-refractivity contribution is -0.140. The first-order valence-corrected chi connectivity index (χ1v) is 9.76. The molecule has 1 saturated heterocycles. The molecule has 0 saturated carbocycles. The molecule has 2 aromatic heterocycles. The van der Waals surface area contributed by atoms with Crippen LogP contribution in [0.2, 0.25) is 0 Å². The maximum absolute atomic E-state index is 14.5. The first-order valence-electron chi connectivity index (χ1n) is 9.76. The topological polar surface area (TPSA) is 85.1 Å². The van der Waals surface area contributed by atoms with Gasteiger partial charge in [0, 0.05) is 31.5 Å². The van der Waals surface area contributed by atoms with Crippen LogP contribution >= 0.6 is 0 Å². The van der Waals surface area contributed by atoms with Crippen molar-refractivity contribution in [3.05, 3.63) is 29.5 Å². The Bertz CT molecular complexity index is 1190. The number of halogens is 5. The lowest BCUT2D eigenvalue weighted by atomic mass is 9.94. The van der Waals surface area contributed by atoms with E-state index in [1.54, 1.807) is 0 Å². The van der Waals surface area contributed by atoms with E-state index in [4.69, 9.17) is 4.74 Å². The Kier molecular flexibility index (Phi) is 5.23. The van der Waals surface area contributed by atoms with Crippen LogP contribution in [0.5, 0.6) is 5.75 Å². The Labute approximate surface area is 179 Å². The molecule has 0 bridgehead atoms. The van der Waals surface area contributed by atoms with E-state index in [0.717, 1.165) is 6.42 Å². The fourth-order valence-electron chi connectivity index (χ4n) is 3.85. The summed E-state index contributed by atoms with van der Waals surface area (Å²) in [6.07, 6.45) is -2.39. The molecule has 4 rings (SSSR count). The van der Waals surface area contributed by atoms with Gasteiger partial charge in [-0.15, -0.1) is 0 Å². The van der Waals surface area contributed by atoms with Crippen LogP contribution in [0.1, 0.15) is 32.3 Å². The molecule has 1 aliphatic heterocycles. The predicted molar refractivity (Wildman–Crippen MR) is 105 cm³/mol. The maximum atomic E-state index is 14.5. The third-order valence-corrected chi connectivity index (χ3v) is 5.35. The van der Waals surface area contributed by atoms with Gasteiger partial charge in [-0.2, -0.15) is 23.3 Å². The Morgan fingerprint density at radius 2 is 1.97 bits per heavy atom. The molecule has 1 aliphatic rings. The Balaban J connectivity index is 1.76. The maximum Gasteiger partial charge on any atom is 0.419 e. The number of hydrogen-bond donors (Lipinski definition) is 2. The molecule has 1 unspecified atom stereocenters. The third kappa shape index (κ3) is 3.94. The molecule has 3 aromatic rings. The Morgan fingerprint density at radius 3 is 2.62 bits per heavy atom. The summed E-state index contributed by atoms with van der Waals surface area (Å²) in [4.78, 5) is 8.55. The second kappa shape index (κ2) is 7.54. The van der Waals surface area contributed by atoms with Crippen molar-refractivity contribution in [2.75, 3.05) is 11.9 Å². The van der Waals surface area contributed by atoms with Gasteiger partial charge in [0.05, 0.1) is 16.6 Å². The number of phenolic OH excluding ortho intramolecular Hbond substituents is 1. The molecule has 1 aromatic carbocycles. The van der Waals surface area contributed by atoms with E-state index in [2.05, 4.69) is 20.4 Å². The minimum atomic E-state index is -5.14. The highest BCUT2D eigenvalue weighted by Gasteiger charge is 2.38.